The van der Waals surface area contributed by atoms with Gasteiger partial charge in [0.25, 0.3) is 0 Å². The van der Waals surface area contributed by atoms with Crippen molar-refractivity contribution in [3.63, 3.8) is 0 Å². The van der Waals surface area contributed by atoms with Crippen LogP contribution in [0, 0.1) is 13.8 Å². The summed E-state index contributed by atoms with van der Waals surface area (Å²) in [6.45, 7) is 10.1. The fourth-order valence-corrected chi connectivity index (χ4v) is 5.84. The molecule has 0 saturated heterocycles. The number of hydrogen-bond acceptors (Lipinski definition) is 8. The third-order valence-electron chi connectivity index (χ3n) is 5.94. The van der Waals surface area contributed by atoms with Gasteiger partial charge in [0.2, 0.25) is 5.91 Å². The van der Waals surface area contributed by atoms with E-state index in [1.54, 1.807) is 12.1 Å². The van der Waals surface area contributed by atoms with E-state index in [4.69, 9.17) is 21.1 Å². The van der Waals surface area contributed by atoms with Crippen molar-refractivity contribution in [1.29, 1.82) is 0 Å². The molecule has 8 nitrogen and oxygen atoms in total. The summed E-state index contributed by atoms with van der Waals surface area (Å²) in [6.07, 6.45) is 1.27. The molecule has 4 rings (SSSR count). The van der Waals surface area contributed by atoms with Crippen LogP contribution in [0.3, 0.4) is 0 Å². The Morgan fingerprint density at radius 2 is 1.90 bits per heavy atom. The first-order valence-electron chi connectivity index (χ1n) is 12.4. The lowest BCUT2D eigenvalue weighted by Gasteiger charge is -2.17. The molecule has 208 valence electrons. The number of carbonyl (C=O) groups excluding carboxylic acids is 2. The van der Waals surface area contributed by atoms with Gasteiger partial charge in [0.1, 0.15) is 16.3 Å². The molecule has 2 aromatic heterocycles. The van der Waals surface area contributed by atoms with Crippen LogP contribution < -0.4 is 10.1 Å². The number of nitrogens with zero attached hydrogens (tertiary/aromatic N) is 3. The number of carbonyl (C=O) groups is 2. The number of aryl methyl sites for hydroxylation is 2. The third kappa shape index (κ3) is 6.75. The van der Waals surface area contributed by atoms with Gasteiger partial charge in [-0.25, -0.2) is 4.79 Å². The number of thioether (sulfide) groups is 1. The highest BCUT2D eigenvalue weighted by molar-refractivity contribution is 7.99. The Morgan fingerprint density at radius 1 is 1.18 bits per heavy atom. The molecule has 1 amide bonds. The topological polar surface area (TPSA) is 95.3 Å². The number of thiophene rings is 1. The molecule has 2 aromatic carbocycles. The van der Waals surface area contributed by atoms with Gasteiger partial charge in [-0.05, 0) is 44.0 Å². The van der Waals surface area contributed by atoms with Crippen molar-refractivity contribution in [3.05, 3.63) is 88.0 Å². The van der Waals surface area contributed by atoms with E-state index < -0.39 is 12.1 Å². The molecule has 0 fully saturated rings. The SMILES string of the molecule is C=CCn1c(SCC(=O)Nc2scc(-c3ccc(C)cc3)c2C(=O)OC)nnc1C(C)Oc1cc(C)ccc1Cl. The molecule has 0 aliphatic heterocycles. The number of methoxy groups -OCH3 is 1. The van der Waals surface area contributed by atoms with E-state index >= 15 is 0 Å². The average molecular weight is 597 g/mol. The van der Waals surface area contributed by atoms with Crippen LogP contribution in [0.1, 0.15) is 40.3 Å². The Morgan fingerprint density at radius 3 is 2.60 bits per heavy atom. The molecule has 0 spiro atoms. The summed E-state index contributed by atoms with van der Waals surface area (Å²) in [6, 6.07) is 13.4. The average Bonchev–Trinajstić information content (AvgIpc) is 3.54. The fraction of sp³-hybridized carbons (Fsp3) is 0.241. The fourth-order valence-electron chi connectivity index (χ4n) is 3.95. The van der Waals surface area contributed by atoms with Crippen molar-refractivity contribution in [3.8, 4) is 16.9 Å². The molecule has 0 saturated carbocycles. The molecule has 0 aliphatic carbocycles. The Hall–Kier alpha value is -3.60. The normalized spacial score (nSPS) is 11.6. The van der Waals surface area contributed by atoms with Gasteiger partial charge in [-0.15, -0.1) is 28.1 Å². The lowest BCUT2D eigenvalue weighted by atomic mass is 10.0. The minimum absolute atomic E-state index is 0.0482. The maximum absolute atomic E-state index is 13.0. The first-order chi connectivity index (χ1) is 19.2. The number of nitrogens with one attached hydrogen (secondary N) is 1. The first kappa shape index (κ1) is 29.4. The minimum Gasteiger partial charge on any atom is -0.481 e. The quantitative estimate of drug-likeness (QED) is 0.112. The molecule has 4 aromatic rings. The van der Waals surface area contributed by atoms with Crippen molar-refractivity contribution < 1.29 is 19.1 Å². The van der Waals surface area contributed by atoms with E-state index in [2.05, 4.69) is 22.1 Å². The van der Waals surface area contributed by atoms with Crippen LogP contribution in [0.25, 0.3) is 11.1 Å². The summed E-state index contributed by atoms with van der Waals surface area (Å²) in [5, 5.41) is 14.8. The molecule has 0 aliphatic rings. The summed E-state index contributed by atoms with van der Waals surface area (Å²) in [5.74, 6) is 0.371. The van der Waals surface area contributed by atoms with Crippen molar-refractivity contribution in [2.75, 3.05) is 18.2 Å². The molecule has 40 heavy (non-hydrogen) atoms. The van der Waals surface area contributed by atoms with Crippen LogP contribution >= 0.6 is 34.7 Å². The van der Waals surface area contributed by atoms with Crippen molar-refractivity contribution in [2.45, 2.75) is 38.6 Å². The minimum atomic E-state index is -0.516. The van der Waals surface area contributed by atoms with Crippen LogP contribution in [-0.4, -0.2) is 39.5 Å². The number of benzene rings is 2. The molecular formula is C29H29ClN4O4S2. The Balaban J connectivity index is 1.48. The Kier molecular flexibility index (Phi) is 9.67. The molecule has 2 heterocycles. The third-order valence-corrected chi connectivity index (χ3v) is 8.11. The molecular weight excluding hydrogens is 568 g/mol. The number of allylic oxidation sites excluding steroid dienone is 1. The molecule has 1 unspecified atom stereocenters. The van der Waals surface area contributed by atoms with Crippen molar-refractivity contribution >= 4 is 51.6 Å². The second kappa shape index (κ2) is 13.2. The van der Waals surface area contributed by atoms with Crippen LogP contribution in [0.2, 0.25) is 5.02 Å². The van der Waals surface area contributed by atoms with Gasteiger partial charge < -0.3 is 14.8 Å². The van der Waals surface area contributed by atoms with Gasteiger partial charge in [0.15, 0.2) is 17.1 Å². The molecule has 1 N–H and O–H groups in total. The van der Waals surface area contributed by atoms with Crippen molar-refractivity contribution in [1.82, 2.24) is 14.8 Å². The first-order valence-corrected chi connectivity index (χ1v) is 14.6. The predicted octanol–water partition coefficient (Wildman–Crippen LogP) is 7.12. The zero-order valence-electron chi connectivity index (χ0n) is 22.6. The smallest absolute Gasteiger partial charge is 0.341 e. The van der Waals surface area contributed by atoms with E-state index in [9.17, 15) is 9.59 Å². The van der Waals surface area contributed by atoms with Crippen molar-refractivity contribution in [2.24, 2.45) is 0 Å². The van der Waals surface area contributed by atoms with Gasteiger partial charge >= 0.3 is 5.97 Å². The highest BCUT2D eigenvalue weighted by Crippen LogP contribution is 2.37. The van der Waals surface area contributed by atoms with E-state index in [1.165, 1.54) is 30.2 Å². The van der Waals surface area contributed by atoms with Gasteiger partial charge in [-0.3, -0.25) is 9.36 Å². The number of ether oxygens (including phenoxy) is 2. The van der Waals surface area contributed by atoms with E-state index in [1.807, 2.05) is 67.1 Å². The standard InChI is InChI=1S/C29H29ClN4O4S2/c1-6-13-34-26(19(4)38-23-14-18(3)9-12-22(23)30)32-33-29(34)40-16-24(35)31-27-25(28(36)37-5)21(15-39-27)20-10-7-17(2)8-11-20/h6-12,14-15,19H,1,13,16H2,2-5H3,(H,31,35). The number of halogens is 1. The summed E-state index contributed by atoms with van der Waals surface area (Å²) in [5.41, 5.74) is 4.03. The molecule has 0 radical (unpaired) electrons. The number of aromatic nitrogens is 3. The number of amides is 1. The highest BCUT2D eigenvalue weighted by Gasteiger charge is 2.24. The van der Waals surface area contributed by atoms with Gasteiger partial charge in [-0.1, -0.05) is 65.3 Å². The molecule has 1 atom stereocenters. The van der Waals surface area contributed by atoms with Gasteiger partial charge in [0.05, 0.1) is 17.9 Å². The number of esters is 1. The lowest BCUT2D eigenvalue weighted by Crippen LogP contribution is -2.17. The van der Waals surface area contributed by atoms with Crippen LogP contribution in [-0.2, 0) is 16.1 Å². The Labute approximate surface area is 246 Å². The predicted molar refractivity (Wildman–Crippen MR) is 161 cm³/mol. The van der Waals surface area contributed by atoms with E-state index in [0.29, 0.717) is 44.4 Å². The largest absolute Gasteiger partial charge is 0.481 e. The maximum Gasteiger partial charge on any atom is 0.341 e. The molecule has 0 bridgehead atoms. The summed E-state index contributed by atoms with van der Waals surface area (Å²) in [7, 11) is 1.32. The van der Waals surface area contributed by atoms with Crippen LogP contribution in [0.4, 0.5) is 5.00 Å². The Bertz CT molecular complexity index is 1530. The zero-order valence-corrected chi connectivity index (χ0v) is 25.0. The number of rotatable bonds is 11. The number of anilines is 1. The second-order valence-corrected chi connectivity index (χ2v) is 11.2. The summed E-state index contributed by atoms with van der Waals surface area (Å²) in [4.78, 5) is 25.6. The number of hydrogen-bond donors (Lipinski definition) is 1. The van der Waals surface area contributed by atoms with Crippen LogP contribution in [0.15, 0.2) is 65.7 Å². The van der Waals surface area contributed by atoms with Gasteiger partial charge in [0, 0.05) is 17.5 Å². The van der Waals surface area contributed by atoms with Crippen LogP contribution in [0.5, 0.6) is 5.75 Å². The summed E-state index contributed by atoms with van der Waals surface area (Å²) >= 11 is 8.81. The highest BCUT2D eigenvalue weighted by atomic mass is 35.5. The van der Waals surface area contributed by atoms with E-state index in [-0.39, 0.29) is 11.7 Å². The van der Waals surface area contributed by atoms with E-state index in [0.717, 1.165) is 16.7 Å². The maximum atomic E-state index is 13.0. The van der Waals surface area contributed by atoms with Gasteiger partial charge in [-0.2, -0.15) is 0 Å². The molecule has 11 heteroatoms. The second-order valence-electron chi connectivity index (χ2n) is 8.98. The summed E-state index contributed by atoms with van der Waals surface area (Å²) < 4.78 is 13.0. The zero-order chi connectivity index (χ0) is 28.8. The lowest BCUT2D eigenvalue weighted by molar-refractivity contribution is -0.113. The monoisotopic (exact) mass is 596 g/mol.